The van der Waals surface area contributed by atoms with Crippen molar-refractivity contribution in [1.82, 2.24) is 5.32 Å². The van der Waals surface area contributed by atoms with Gasteiger partial charge in [-0.1, -0.05) is 12.1 Å². The van der Waals surface area contributed by atoms with Gasteiger partial charge in [0.1, 0.15) is 5.82 Å². The highest BCUT2D eigenvalue weighted by Gasteiger charge is 2.27. The number of nitrogen functional groups attached to an aromatic ring is 1. The summed E-state index contributed by atoms with van der Waals surface area (Å²) in [7, 11) is 0. The topological polar surface area (TPSA) is 55.1 Å². The zero-order valence-corrected chi connectivity index (χ0v) is 11.9. The predicted octanol–water partition coefficient (Wildman–Crippen LogP) is 3.34. The van der Waals surface area contributed by atoms with Crippen molar-refractivity contribution in [1.29, 1.82) is 0 Å². The first-order valence-corrected chi connectivity index (χ1v) is 7.33. The second kappa shape index (κ2) is 4.90. The van der Waals surface area contributed by atoms with E-state index in [0.29, 0.717) is 16.6 Å². The standard InChI is InChI=1S/C15H15FN2OS/c1-8-12(15(19)18-11-5-6-11)14(17)20-13(8)9-3-2-4-10(16)7-9/h2-4,7,11H,5-6,17H2,1H3,(H,18,19). The second-order valence-electron chi connectivity index (χ2n) is 5.05. The first kappa shape index (κ1) is 13.1. The minimum atomic E-state index is -0.294. The van der Waals surface area contributed by atoms with Crippen LogP contribution in [0.3, 0.4) is 0 Å². The second-order valence-corrected chi connectivity index (χ2v) is 6.11. The highest BCUT2D eigenvalue weighted by molar-refractivity contribution is 7.19. The van der Waals surface area contributed by atoms with Gasteiger partial charge in [0.05, 0.1) is 10.6 Å². The van der Waals surface area contributed by atoms with Crippen LogP contribution in [0.5, 0.6) is 0 Å². The number of thiophene rings is 1. The number of hydrogen-bond donors (Lipinski definition) is 2. The van der Waals surface area contributed by atoms with Gasteiger partial charge in [-0.3, -0.25) is 4.79 Å². The molecule has 0 saturated heterocycles. The maximum absolute atomic E-state index is 13.3. The van der Waals surface area contributed by atoms with Gasteiger partial charge in [0.2, 0.25) is 0 Å². The van der Waals surface area contributed by atoms with Crippen LogP contribution < -0.4 is 11.1 Å². The molecule has 1 heterocycles. The number of anilines is 1. The highest BCUT2D eigenvalue weighted by Crippen LogP contribution is 2.38. The minimum Gasteiger partial charge on any atom is -0.390 e. The predicted molar refractivity (Wildman–Crippen MR) is 79.4 cm³/mol. The molecule has 1 aromatic carbocycles. The molecule has 2 aromatic rings. The monoisotopic (exact) mass is 290 g/mol. The van der Waals surface area contributed by atoms with E-state index < -0.39 is 0 Å². The molecular formula is C15H15FN2OS. The fraction of sp³-hybridized carbons (Fsp3) is 0.267. The quantitative estimate of drug-likeness (QED) is 0.911. The number of halogens is 1. The fourth-order valence-corrected chi connectivity index (χ4v) is 3.28. The number of rotatable bonds is 3. The maximum atomic E-state index is 13.3. The first-order valence-electron chi connectivity index (χ1n) is 6.52. The number of hydrogen-bond acceptors (Lipinski definition) is 3. The molecule has 1 aromatic heterocycles. The molecule has 3 nitrogen and oxygen atoms in total. The van der Waals surface area contributed by atoms with Crippen molar-refractivity contribution in [2.24, 2.45) is 0 Å². The lowest BCUT2D eigenvalue weighted by Gasteiger charge is -2.04. The van der Waals surface area contributed by atoms with Gasteiger partial charge in [-0.05, 0) is 43.0 Å². The van der Waals surface area contributed by atoms with Gasteiger partial charge >= 0.3 is 0 Å². The van der Waals surface area contributed by atoms with Gasteiger partial charge in [0.15, 0.2) is 0 Å². The molecule has 3 N–H and O–H groups in total. The number of amides is 1. The Morgan fingerprint density at radius 3 is 2.85 bits per heavy atom. The van der Waals surface area contributed by atoms with E-state index in [-0.39, 0.29) is 11.7 Å². The van der Waals surface area contributed by atoms with Crippen LogP contribution in [0, 0.1) is 12.7 Å². The van der Waals surface area contributed by atoms with Crippen LogP contribution in [0.2, 0.25) is 0 Å². The summed E-state index contributed by atoms with van der Waals surface area (Å²) in [5, 5.41) is 3.43. The summed E-state index contributed by atoms with van der Waals surface area (Å²) in [5.74, 6) is -0.417. The molecule has 104 valence electrons. The number of carbonyl (C=O) groups excluding carboxylic acids is 1. The van der Waals surface area contributed by atoms with Crippen molar-refractivity contribution in [2.75, 3.05) is 5.73 Å². The van der Waals surface area contributed by atoms with Crippen LogP contribution in [0.4, 0.5) is 9.39 Å². The fourth-order valence-electron chi connectivity index (χ4n) is 2.21. The summed E-state index contributed by atoms with van der Waals surface area (Å²) in [5.41, 5.74) is 8.08. The van der Waals surface area contributed by atoms with Crippen molar-refractivity contribution < 1.29 is 9.18 Å². The molecule has 0 unspecified atom stereocenters. The normalized spacial score (nSPS) is 14.3. The lowest BCUT2D eigenvalue weighted by molar-refractivity contribution is 0.0952. The van der Waals surface area contributed by atoms with E-state index in [9.17, 15) is 9.18 Å². The zero-order valence-electron chi connectivity index (χ0n) is 11.1. The van der Waals surface area contributed by atoms with Crippen LogP contribution in [-0.2, 0) is 0 Å². The van der Waals surface area contributed by atoms with E-state index in [4.69, 9.17) is 5.73 Å². The molecule has 0 radical (unpaired) electrons. The summed E-state index contributed by atoms with van der Waals surface area (Å²) in [6, 6.07) is 6.63. The van der Waals surface area contributed by atoms with Crippen LogP contribution in [0.25, 0.3) is 10.4 Å². The smallest absolute Gasteiger partial charge is 0.254 e. The largest absolute Gasteiger partial charge is 0.390 e. The lowest BCUT2D eigenvalue weighted by atomic mass is 10.1. The molecule has 20 heavy (non-hydrogen) atoms. The van der Waals surface area contributed by atoms with E-state index in [0.717, 1.165) is 28.8 Å². The minimum absolute atomic E-state index is 0.124. The lowest BCUT2D eigenvalue weighted by Crippen LogP contribution is -2.26. The van der Waals surface area contributed by atoms with Gasteiger partial charge in [-0.15, -0.1) is 11.3 Å². The Labute approximate surface area is 120 Å². The SMILES string of the molecule is Cc1c(-c2cccc(F)c2)sc(N)c1C(=O)NC1CC1. The summed E-state index contributed by atoms with van der Waals surface area (Å²) >= 11 is 1.33. The molecule has 1 aliphatic rings. The molecule has 0 aliphatic heterocycles. The van der Waals surface area contributed by atoms with Gasteiger partial charge in [-0.25, -0.2) is 4.39 Å². The number of carbonyl (C=O) groups is 1. The van der Waals surface area contributed by atoms with E-state index in [1.807, 2.05) is 13.0 Å². The Morgan fingerprint density at radius 2 is 2.20 bits per heavy atom. The maximum Gasteiger partial charge on any atom is 0.254 e. The van der Waals surface area contributed by atoms with E-state index in [2.05, 4.69) is 5.32 Å². The van der Waals surface area contributed by atoms with Crippen LogP contribution in [0.15, 0.2) is 24.3 Å². The Hall–Kier alpha value is -1.88. The van der Waals surface area contributed by atoms with Crippen molar-refractivity contribution in [3.8, 4) is 10.4 Å². The van der Waals surface area contributed by atoms with Crippen molar-refractivity contribution in [3.05, 3.63) is 41.2 Å². The molecule has 5 heteroatoms. The molecule has 1 aliphatic carbocycles. The van der Waals surface area contributed by atoms with Crippen LogP contribution >= 0.6 is 11.3 Å². The summed E-state index contributed by atoms with van der Waals surface area (Å²) in [6.45, 7) is 1.86. The van der Waals surface area contributed by atoms with E-state index in [1.54, 1.807) is 6.07 Å². The molecular weight excluding hydrogens is 275 g/mol. The molecule has 1 amide bonds. The van der Waals surface area contributed by atoms with Crippen LogP contribution in [-0.4, -0.2) is 11.9 Å². The average Bonchev–Trinajstić information content (AvgIpc) is 3.14. The molecule has 1 saturated carbocycles. The number of benzene rings is 1. The molecule has 0 bridgehead atoms. The van der Waals surface area contributed by atoms with Crippen molar-refractivity contribution in [3.63, 3.8) is 0 Å². The Morgan fingerprint density at radius 1 is 1.45 bits per heavy atom. The molecule has 0 atom stereocenters. The third-order valence-corrected chi connectivity index (χ3v) is 4.57. The van der Waals surface area contributed by atoms with Crippen molar-refractivity contribution >= 4 is 22.2 Å². The molecule has 3 rings (SSSR count). The van der Waals surface area contributed by atoms with Gasteiger partial charge in [0, 0.05) is 10.9 Å². The van der Waals surface area contributed by atoms with E-state index >= 15 is 0 Å². The van der Waals surface area contributed by atoms with E-state index in [1.165, 1.54) is 23.5 Å². The summed E-state index contributed by atoms with van der Waals surface area (Å²) in [4.78, 5) is 13.0. The Kier molecular flexibility index (Phi) is 3.22. The third-order valence-electron chi connectivity index (χ3n) is 3.40. The van der Waals surface area contributed by atoms with Crippen LogP contribution in [0.1, 0.15) is 28.8 Å². The highest BCUT2D eigenvalue weighted by atomic mass is 32.1. The zero-order chi connectivity index (χ0) is 14.3. The third kappa shape index (κ3) is 2.41. The first-order chi connectivity index (χ1) is 9.56. The number of nitrogens with two attached hydrogens (primary N) is 1. The summed E-state index contributed by atoms with van der Waals surface area (Å²) < 4.78 is 13.3. The number of nitrogens with one attached hydrogen (secondary N) is 1. The molecule has 0 spiro atoms. The van der Waals surface area contributed by atoms with Crippen molar-refractivity contribution in [2.45, 2.75) is 25.8 Å². The average molecular weight is 290 g/mol. The van der Waals surface area contributed by atoms with Gasteiger partial charge in [0.25, 0.3) is 5.91 Å². The van der Waals surface area contributed by atoms with Gasteiger partial charge < -0.3 is 11.1 Å². The Bertz CT molecular complexity index is 677. The Balaban J connectivity index is 1.99. The summed E-state index contributed by atoms with van der Waals surface area (Å²) in [6.07, 6.45) is 2.07. The molecule has 1 fully saturated rings. The van der Waals surface area contributed by atoms with Gasteiger partial charge in [-0.2, -0.15) is 0 Å².